The summed E-state index contributed by atoms with van der Waals surface area (Å²) < 4.78 is 0. The summed E-state index contributed by atoms with van der Waals surface area (Å²) in [4.78, 5) is 11.7. The van der Waals surface area contributed by atoms with Crippen LogP contribution in [0.15, 0.2) is 24.3 Å². The van der Waals surface area contributed by atoms with E-state index in [1.807, 2.05) is 0 Å². The Balaban J connectivity index is 2.44. The third-order valence-corrected chi connectivity index (χ3v) is 2.80. The zero-order valence-electron chi connectivity index (χ0n) is 8.58. The molecule has 0 unspecified atom stereocenters. The Morgan fingerprint density at radius 1 is 1.20 bits per heavy atom. The number of ketones is 1. The lowest BCUT2D eigenvalue weighted by Gasteiger charge is -2.02. The van der Waals surface area contributed by atoms with Crippen molar-refractivity contribution in [3.8, 4) is 5.75 Å². The Morgan fingerprint density at radius 2 is 1.93 bits per heavy atom. The number of Topliss-reactive ketones (excluding diaryl/α,β-unsaturated/α-hetero) is 1. The second-order valence-corrected chi connectivity index (χ2v) is 4.23. The van der Waals surface area contributed by atoms with E-state index in [0.29, 0.717) is 12.0 Å². The van der Waals surface area contributed by atoms with Gasteiger partial charge in [-0.25, -0.2) is 0 Å². The van der Waals surface area contributed by atoms with E-state index in [2.05, 4.69) is 15.9 Å². The third kappa shape index (κ3) is 4.04. The zero-order valence-corrected chi connectivity index (χ0v) is 10.2. The monoisotopic (exact) mass is 270 g/mol. The number of phenolic OH excluding ortho intramolecular Hbond substituents is 1. The lowest BCUT2D eigenvalue weighted by atomic mass is 10.0. The molecule has 1 N–H and O–H groups in total. The van der Waals surface area contributed by atoms with Gasteiger partial charge in [0.25, 0.3) is 0 Å². The third-order valence-electron chi connectivity index (χ3n) is 2.24. The van der Waals surface area contributed by atoms with Gasteiger partial charge < -0.3 is 5.11 Å². The SMILES string of the molecule is O=C(CCCCCBr)c1ccccc1O. The highest BCUT2D eigenvalue weighted by atomic mass is 79.9. The first kappa shape index (κ1) is 12.2. The number of phenols is 1. The van der Waals surface area contributed by atoms with Crippen molar-refractivity contribution < 1.29 is 9.90 Å². The van der Waals surface area contributed by atoms with Crippen molar-refractivity contribution >= 4 is 21.7 Å². The van der Waals surface area contributed by atoms with E-state index in [-0.39, 0.29) is 11.5 Å². The quantitative estimate of drug-likeness (QED) is 0.488. The predicted octanol–water partition coefficient (Wildman–Crippen LogP) is 3.53. The number of carbonyl (C=O) groups is 1. The fourth-order valence-electron chi connectivity index (χ4n) is 1.40. The summed E-state index contributed by atoms with van der Waals surface area (Å²) in [5, 5.41) is 10.4. The van der Waals surface area contributed by atoms with Crippen LogP contribution in [-0.4, -0.2) is 16.2 Å². The van der Waals surface area contributed by atoms with Gasteiger partial charge >= 0.3 is 0 Å². The van der Waals surface area contributed by atoms with Gasteiger partial charge in [0.1, 0.15) is 5.75 Å². The Labute approximate surface area is 98.4 Å². The van der Waals surface area contributed by atoms with E-state index in [9.17, 15) is 9.90 Å². The van der Waals surface area contributed by atoms with Crippen LogP contribution in [0.4, 0.5) is 0 Å². The molecule has 0 heterocycles. The molecule has 1 aromatic carbocycles. The summed E-state index contributed by atoms with van der Waals surface area (Å²) >= 11 is 3.35. The minimum Gasteiger partial charge on any atom is -0.507 e. The molecule has 0 amide bonds. The number of hydrogen-bond donors (Lipinski definition) is 1. The van der Waals surface area contributed by atoms with Crippen LogP contribution in [0.5, 0.6) is 5.75 Å². The van der Waals surface area contributed by atoms with Gasteiger partial charge in [-0.1, -0.05) is 34.5 Å². The van der Waals surface area contributed by atoms with Gasteiger partial charge in [0.15, 0.2) is 5.78 Å². The molecular weight excluding hydrogens is 256 g/mol. The second-order valence-electron chi connectivity index (χ2n) is 3.44. The average Bonchev–Trinajstić information content (AvgIpc) is 2.25. The number of unbranched alkanes of at least 4 members (excludes halogenated alkanes) is 2. The average molecular weight is 271 g/mol. The Bertz CT molecular complexity index is 323. The molecule has 0 bridgehead atoms. The smallest absolute Gasteiger partial charge is 0.166 e. The Kier molecular flexibility index (Phi) is 5.40. The van der Waals surface area contributed by atoms with E-state index in [1.165, 1.54) is 0 Å². The Morgan fingerprint density at radius 3 is 2.60 bits per heavy atom. The number of rotatable bonds is 6. The number of benzene rings is 1. The van der Waals surface area contributed by atoms with Crippen molar-refractivity contribution in [2.24, 2.45) is 0 Å². The van der Waals surface area contributed by atoms with Crippen molar-refractivity contribution in [3.63, 3.8) is 0 Å². The van der Waals surface area contributed by atoms with Gasteiger partial charge in [-0.15, -0.1) is 0 Å². The predicted molar refractivity (Wildman–Crippen MR) is 64.7 cm³/mol. The maximum atomic E-state index is 11.7. The maximum absolute atomic E-state index is 11.7. The molecule has 0 saturated heterocycles. The van der Waals surface area contributed by atoms with Gasteiger partial charge in [0, 0.05) is 11.8 Å². The fourth-order valence-corrected chi connectivity index (χ4v) is 1.80. The van der Waals surface area contributed by atoms with Crippen LogP contribution < -0.4 is 0 Å². The van der Waals surface area contributed by atoms with E-state index in [4.69, 9.17) is 0 Å². The van der Waals surface area contributed by atoms with Gasteiger partial charge in [-0.05, 0) is 25.0 Å². The number of halogens is 1. The molecule has 0 aliphatic heterocycles. The maximum Gasteiger partial charge on any atom is 0.166 e. The summed E-state index contributed by atoms with van der Waals surface area (Å²) in [5.74, 6) is 0.116. The Hall–Kier alpha value is -0.830. The molecule has 3 heteroatoms. The molecule has 0 aliphatic carbocycles. The van der Waals surface area contributed by atoms with Gasteiger partial charge in [0.05, 0.1) is 5.56 Å². The molecule has 0 aromatic heterocycles. The molecule has 2 nitrogen and oxygen atoms in total. The van der Waals surface area contributed by atoms with E-state index >= 15 is 0 Å². The molecule has 1 aromatic rings. The van der Waals surface area contributed by atoms with Crippen molar-refractivity contribution in [1.29, 1.82) is 0 Å². The van der Waals surface area contributed by atoms with Crippen LogP contribution in [0.1, 0.15) is 36.0 Å². The van der Waals surface area contributed by atoms with Gasteiger partial charge in [-0.2, -0.15) is 0 Å². The lowest BCUT2D eigenvalue weighted by Crippen LogP contribution is -1.99. The van der Waals surface area contributed by atoms with Crippen LogP contribution in [0, 0.1) is 0 Å². The number of carbonyl (C=O) groups excluding carboxylic acids is 1. The standard InChI is InChI=1S/C12H15BrO2/c13-9-5-1-2-7-11(14)10-6-3-4-8-12(10)15/h3-4,6,8,15H,1-2,5,7,9H2. The van der Waals surface area contributed by atoms with Crippen LogP contribution in [0.25, 0.3) is 0 Å². The molecule has 0 fully saturated rings. The zero-order chi connectivity index (χ0) is 11.1. The fraction of sp³-hybridized carbons (Fsp3) is 0.417. The highest BCUT2D eigenvalue weighted by Gasteiger charge is 2.09. The van der Waals surface area contributed by atoms with Gasteiger partial charge in [-0.3, -0.25) is 4.79 Å². The molecule has 82 valence electrons. The first-order valence-corrected chi connectivity index (χ1v) is 6.25. The van der Waals surface area contributed by atoms with Crippen molar-refractivity contribution in [1.82, 2.24) is 0 Å². The van der Waals surface area contributed by atoms with Crippen LogP contribution in [-0.2, 0) is 0 Å². The summed E-state index contributed by atoms with van der Waals surface area (Å²) in [7, 11) is 0. The second kappa shape index (κ2) is 6.62. The van der Waals surface area contributed by atoms with E-state index < -0.39 is 0 Å². The molecule has 0 atom stereocenters. The lowest BCUT2D eigenvalue weighted by molar-refractivity contribution is 0.0977. The normalized spacial score (nSPS) is 10.2. The van der Waals surface area contributed by atoms with E-state index in [0.717, 1.165) is 24.6 Å². The van der Waals surface area contributed by atoms with Gasteiger partial charge in [0.2, 0.25) is 0 Å². The van der Waals surface area contributed by atoms with Crippen LogP contribution in [0.3, 0.4) is 0 Å². The number of hydrogen-bond acceptors (Lipinski definition) is 2. The molecule has 15 heavy (non-hydrogen) atoms. The molecule has 0 aliphatic rings. The highest BCUT2D eigenvalue weighted by molar-refractivity contribution is 9.09. The number of alkyl halides is 1. The first-order valence-electron chi connectivity index (χ1n) is 5.13. The molecule has 0 spiro atoms. The van der Waals surface area contributed by atoms with Crippen molar-refractivity contribution in [3.05, 3.63) is 29.8 Å². The summed E-state index contributed by atoms with van der Waals surface area (Å²) in [5.41, 5.74) is 0.441. The number of para-hydroxylation sites is 1. The summed E-state index contributed by atoms with van der Waals surface area (Å²) in [6, 6.07) is 6.70. The molecule has 0 saturated carbocycles. The topological polar surface area (TPSA) is 37.3 Å². The molecule has 1 rings (SSSR count). The summed E-state index contributed by atoms with van der Waals surface area (Å²) in [6.07, 6.45) is 3.54. The van der Waals surface area contributed by atoms with Crippen molar-refractivity contribution in [2.45, 2.75) is 25.7 Å². The van der Waals surface area contributed by atoms with E-state index in [1.54, 1.807) is 24.3 Å². The van der Waals surface area contributed by atoms with Crippen LogP contribution in [0.2, 0.25) is 0 Å². The molecule has 0 radical (unpaired) electrons. The first-order chi connectivity index (χ1) is 7.25. The summed E-state index contributed by atoms with van der Waals surface area (Å²) in [6.45, 7) is 0. The minimum absolute atomic E-state index is 0.0303. The number of aromatic hydroxyl groups is 1. The molecular formula is C12H15BrO2. The van der Waals surface area contributed by atoms with Crippen LogP contribution >= 0.6 is 15.9 Å². The van der Waals surface area contributed by atoms with Crippen molar-refractivity contribution in [2.75, 3.05) is 5.33 Å². The highest BCUT2D eigenvalue weighted by Crippen LogP contribution is 2.18. The largest absolute Gasteiger partial charge is 0.507 e. The minimum atomic E-state index is 0.0303.